The first kappa shape index (κ1) is 15.8. The standard InChI is InChI=1S/C9H15F3N4O2S/c1-2-3-4-16(6-9(10,11)12)19(17,18)7-5-14-15-8(7)13/h5H,2-4,6H2,1H3,(H3,13,14,15). The molecule has 3 N–H and O–H groups in total. The number of nitrogens with one attached hydrogen (secondary N) is 1. The van der Waals surface area contributed by atoms with E-state index in [0.717, 1.165) is 6.20 Å². The molecule has 0 spiro atoms. The number of nitrogen functional groups attached to an aromatic ring is 1. The second-order valence-corrected chi connectivity index (χ2v) is 5.86. The van der Waals surface area contributed by atoms with E-state index in [4.69, 9.17) is 5.73 Å². The molecule has 0 aliphatic heterocycles. The highest BCUT2D eigenvalue weighted by atomic mass is 32.2. The van der Waals surface area contributed by atoms with Gasteiger partial charge in [0.05, 0.1) is 6.20 Å². The van der Waals surface area contributed by atoms with Crippen LogP contribution in [0.25, 0.3) is 0 Å². The first-order valence-corrected chi connectivity index (χ1v) is 6.98. The molecule has 0 aliphatic carbocycles. The van der Waals surface area contributed by atoms with E-state index in [1.165, 1.54) is 0 Å². The molecule has 0 amide bonds. The van der Waals surface area contributed by atoms with Crippen molar-refractivity contribution in [2.24, 2.45) is 0 Å². The molecule has 0 aliphatic rings. The fourth-order valence-corrected chi connectivity index (χ4v) is 2.92. The Morgan fingerprint density at radius 2 is 2.11 bits per heavy atom. The first-order chi connectivity index (χ1) is 8.68. The monoisotopic (exact) mass is 300 g/mol. The van der Waals surface area contributed by atoms with Gasteiger partial charge in [-0.1, -0.05) is 13.3 Å². The van der Waals surface area contributed by atoms with Crippen molar-refractivity contribution in [1.29, 1.82) is 0 Å². The summed E-state index contributed by atoms with van der Waals surface area (Å²) in [6, 6.07) is 0. The second kappa shape index (κ2) is 5.78. The van der Waals surface area contributed by atoms with Gasteiger partial charge in [-0.05, 0) is 6.42 Å². The zero-order valence-corrected chi connectivity index (χ0v) is 11.1. The van der Waals surface area contributed by atoms with Crippen LogP contribution in [0, 0.1) is 0 Å². The van der Waals surface area contributed by atoms with Gasteiger partial charge in [0.2, 0.25) is 10.0 Å². The molecule has 0 unspecified atom stereocenters. The van der Waals surface area contributed by atoms with Gasteiger partial charge in [-0.15, -0.1) is 0 Å². The van der Waals surface area contributed by atoms with E-state index < -0.39 is 27.6 Å². The summed E-state index contributed by atoms with van der Waals surface area (Å²) in [6.45, 7) is -0.00643. The van der Waals surface area contributed by atoms with E-state index in [0.29, 0.717) is 17.1 Å². The van der Waals surface area contributed by atoms with Crippen molar-refractivity contribution in [3.63, 3.8) is 0 Å². The predicted octanol–water partition coefficient (Wildman–Crippen LogP) is 1.35. The Hall–Kier alpha value is -1.29. The number of halogens is 3. The molecule has 0 atom stereocenters. The molecule has 1 rings (SSSR count). The Balaban J connectivity index is 3.06. The van der Waals surface area contributed by atoms with Crippen LogP contribution in [-0.2, 0) is 10.0 Å². The fourth-order valence-electron chi connectivity index (χ4n) is 1.45. The van der Waals surface area contributed by atoms with Gasteiger partial charge < -0.3 is 5.73 Å². The molecule has 10 heteroatoms. The van der Waals surface area contributed by atoms with Crippen molar-refractivity contribution in [3.8, 4) is 0 Å². The Morgan fingerprint density at radius 1 is 1.47 bits per heavy atom. The maximum absolute atomic E-state index is 12.4. The zero-order chi connectivity index (χ0) is 14.7. The highest BCUT2D eigenvalue weighted by Crippen LogP contribution is 2.25. The zero-order valence-electron chi connectivity index (χ0n) is 10.2. The maximum atomic E-state index is 12.4. The molecule has 0 fully saturated rings. The number of nitrogens with zero attached hydrogens (tertiary/aromatic N) is 2. The van der Waals surface area contributed by atoms with Gasteiger partial charge in [-0.25, -0.2) is 8.42 Å². The molecule has 0 saturated carbocycles. The summed E-state index contributed by atoms with van der Waals surface area (Å²) in [6.07, 6.45) is -2.81. The van der Waals surface area contributed by atoms with Crippen LogP contribution in [-0.4, -0.2) is 42.2 Å². The summed E-state index contributed by atoms with van der Waals surface area (Å²) < 4.78 is 61.9. The van der Waals surface area contributed by atoms with Crippen molar-refractivity contribution in [2.75, 3.05) is 18.8 Å². The molecule has 6 nitrogen and oxygen atoms in total. The first-order valence-electron chi connectivity index (χ1n) is 5.54. The van der Waals surface area contributed by atoms with Crippen LogP contribution in [0.5, 0.6) is 0 Å². The number of unbranched alkanes of at least 4 members (excludes halogenated alkanes) is 1. The minimum absolute atomic E-state index is 0.219. The van der Waals surface area contributed by atoms with Gasteiger partial charge in [0.15, 0.2) is 0 Å². The van der Waals surface area contributed by atoms with Crippen molar-refractivity contribution < 1.29 is 21.6 Å². The van der Waals surface area contributed by atoms with Crippen LogP contribution in [0.2, 0.25) is 0 Å². The van der Waals surface area contributed by atoms with Crippen LogP contribution in [0.15, 0.2) is 11.1 Å². The van der Waals surface area contributed by atoms with Crippen molar-refractivity contribution in [1.82, 2.24) is 14.5 Å². The quantitative estimate of drug-likeness (QED) is 0.829. The average Bonchev–Trinajstić information content (AvgIpc) is 2.69. The van der Waals surface area contributed by atoms with Crippen molar-refractivity contribution in [3.05, 3.63) is 6.20 Å². The number of rotatable bonds is 6. The van der Waals surface area contributed by atoms with Crippen LogP contribution < -0.4 is 5.73 Å². The number of alkyl halides is 3. The number of aromatic amines is 1. The SMILES string of the molecule is CCCCN(CC(F)(F)F)S(=O)(=O)c1cn[nH]c1N. The molecule has 19 heavy (non-hydrogen) atoms. The number of sulfonamides is 1. The molecular weight excluding hydrogens is 285 g/mol. The van der Waals surface area contributed by atoms with Gasteiger partial charge in [0.1, 0.15) is 17.3 Å². The number of hydrogen-bond acceptors (Lipinski definition) is 4. The lowest BCUT2D eigenvalue weighted by molar-refractivity contribution is -0.136. The summed E-state index contributed by atoms with van der Waals surface area (Å²) in [7, 11) is -4.30. The Bertz CT molecular complexity index is 512. The van der Waals surface area contributed by atoms with Gasteiger partial charge in [0, 0.05) is 6.54 Å². The fraction of sp³-hybridized carbons (Fsp3) is 0.667. The summed E-state index contributed by atoms with van der Waals surface area (Å²) in [5.74, 6) is -0.274. The molecule has 110 valence electrons. The summed E-state index contributed by atoms with van der Waals surface area (Å²) in [4.78, 5) is -0.437. The van der Waals surface area contributed by atoms with E-state index in [9.17, 15) is 21.6 Å². The lowest BCUT2D eigenvalue weighted by atomic mass is 10.3. The van der Waals surface area contributed by atoms with Gasteiger partial charge in [-0.3, -0.25) is 5.10 Å². The highest BCUT2D eigenvalue weighted by molar-refractivity contribution is 7.89. The van der Waals surface area contributed by atoms with Crippen LogP contribution in [0.3, 0.4) is 0 Å². The Labute approximate surface area is 108 Å². The third-order valence-corrected chi connectivity index (χ3v) is 4.24. The van der Waals surface area contributed by atoms with Crippen molar-refractivity contribution >= 4 is 15.8 Å². The summed E-state index contributed by atoms with van der Waals surface area (Å²) in [5.41, 5.74) is 5.35. The molecule has 0 saturated heterocycles. The summed E-state index contributed by atoms with van der Waals surface area (Å²) >= 11 is 0. The van der Waals surface area contributed by atoms with Crippen LogP contribution in [0.1, 0.15) is 19.8 Å². The lowest BCUT2D eigenvalue weighted by Crippen LogP contribution is -2.39. The molecule has 1 aromatic heterocycles. The summed E-state index contributed by atoms with van der Waals surface area (Å²) in [5, 5.41) is 5.60. The van der Waals surface area contributed by atoms with Crippen LogP contribution in [0.4, 0.5) is 19.0 Å². The number of nitrogens with two attached hydrogens (primary N) is 1. The minimum Gasteiger partial charge on any atom is -0.383 e. The van der Waals surface area contributed by atoms with E-state index in [1.807, 2.05) is 0 Å². The van der Waals surface area contributed by atoms with Gasteiger partial charge in [-0.2, -0.15) is 22.6 Å². The van der Waals surface area contributed by atoms with Crippen molar-refractivity contribution in [2.45, 2.75) is 30.8 Å². The average molecular weight is 300 g/mol. The predicted molar refractivity (Wildman–Crippen MR) is 62.7 cm³/mol. The number of aromatic nitrogens is 2. The topological polar surface area (TPSA) is 92.1 Å². The van der Waals surface area contributed by atoms with Crippen LogP contribution >= 0.6 is 0 Å². The minimum atomic E-state index is -4.61. The molecule has 1 aromatic rings. The number of anilines is 1. The molecule has 0 bridgehead atoms. The molecule has 0 aromatic carbocycles. The van der Waals surface area contributed by atoms with E-state index in [2.05, 4.69) is 10.2 Å². The van der Waals surface area contributed by atoms with Gasteiger partial charge in [0.25, 0.3) is 0 Å². The van der Waals surface area contributed by atoms with E-state index >= 15 is 0 Å². The van der Waals surface area contributed by atoms with E-state index in [1.54, 1.807) is 6.92 Å². The van der Waals surface area contributed by atoms with Gasteiger partial charge >= 0.3 is 6.18 Å². The highest BCUT2D eigenvalue weighted by Gasteiger charge is 2.37. The largest absolute Gasteiger partial charge is 0.402 e. The third-order valence-electron chi connectivity index (χ3n) is 2.37. The number of hydrogen-bond donors (Lipinski definition) is 2. The third kappa shape index (κ3) is 4.10. The smallest absolute Gasteiger partial charge is 0.383 e. The number of H-pyrrole nitrogens is 1. The lowest BCUT2D eigenvalue weighted by Gasteiger charge is -2.22. The molecule has 0 radical (unpaired) electrons. The second-order valence-electron chi connectivity index (χ2n) is 3.96. The normalized spacial score (nSPS) is 13.1. The molecular formula is C9H15F3N4O2S. The Kier molecular flexibility index (Phi) is 4.80. The molecule has 1 heterocycles. The Morgan fingerprint density at radius 3 is 2.53 bits per heavy atom. The van der Waals surface area contributed by atoms with E-state index in [-0.39, 0.29) is 12.4 Å². The maximum Gasteiger partial charge on any atom is 0.402 e.